The van der Waals surface area contributed by atoms with Crippen molar-refractivity contribution in [1.29, 1.82) is 0 Å². The molecule has 0 radical (unpaired) electrons. The number of ether oxygens (including phenoxy) is 2. The van der Waals surface area contributed by atoms with Crippen LogP contribution in [0.4, 0.5) is 11.4 Å². The number of para-hydroxylation sites is 2. The van der Waals surface area contributed by atoms with E-state index >= 15 is 0 Å². The number of likely N-dealkylation sites (tertiary alicyclic amines) is 1. The van der Waals surface area contributed by atoms with E-state index in [2.05, 4.69) is 53.5 Å². The molecule has 1 saturated heterocycles. The second kappa shape index (κ2) is 18.0. The van der Waals surface area contributed by atoms with Gasteiger partial charge in [-0.05, 0) is 116 Å². The van der Waals surface area contributed by atoms with E-state index in [9.17, 15) is 9.59 Å². The van der Waals surface area contributed by atoms with E-state index in [0.717, 1.165) is 40.7 Å². The van der Waals surface area contributed by atoms with E-state index in [-0.39, 0.29) is 17.7 Å². The maximum Gasteiger partial charge on any atom is 0.255 e. The van der Waals surface area contributed by atoms with Crippen molar-refractivity contribution in [3.63, 3.8) is 0 Å². The molecule has 264 valence electrons. The number of pyridine rings is 1. The van der Waals surface area contributed by atoms with Crippen LogP contribution in [-0.4, -0.2) is 55.6 Å². The largest absolute Gasteiger partial charge is 0.497 e. The molecule has 2 amide bonds. The summed E-state index contributed by atoms with van der Waals surface area (Å²) in [6, 6.07) is 36.6. The third kappa shape index (κ3) is 9.61. The number of amides is 2. The summed E-state index contributed by atoms with van der Waals surface area (Å²) >= 11 is 0. The summed E-state index contributed by atoms with van der Waals surface area (Å²) in [4.78, 5) is 32.1. The van der Waals surface area contributed by atoms with Gasteiger partial charge in [0.1, 0.15) is 11.5 Å². The Labute approximate surface area is 301 Å². The van der Waals surface area contributed by atoms with Gasteiger partial charge < -0.3 is 25.0 Å². The number of likely N-dealkylation sites (N-methyl/N-ethyl adjacent to an activating group) is 1. The number of aromatic nitrogens is 1. The van der Waals surface area contributed by atoms with Crippen LogP contribution in [0.5, 0.6) is 11.5 Å². The van der Waals surface area contributed by atoms with E-state index in [0.29, 0.717) is 23.1 Å². The van der Waals surface area contributed by atoms with Gasteiger partial charge >= 0.3 is 0 Å². The molecule has 3 unspecified atom stereocenters. The van der Waals surface area contributed by atoms with Crippen molar-refractivity contribution < 1.29 is 19.1 Å². The zero-order valence-electron chi connectivity index (χ0n) is 30.1. The molecule has 1 fully saturated rings. The summed E-state index contributed by atoms with van der Waals surface area (Å²) < 4.78 is 10.3. The SMILES string of the molecule is COc1ccc(C(=O)Nc2ccccc2C(C)C2CCCCN2C)cc1.COc1ccc(C(=O)Nc2ccccc2C(C)c2ccccn2)cc1. The Kier molecular flexibility index (Phi) is 13.0. The third-order valence-corrected chi connectivity index (χ3v) is 9.61. The minimum absolute atomic E-state index is 0.0774. The fourth-order valence-corrected chi connectivity index (χ4v) is 6.60. The van der Waals surface area contributed by atoms with Crippen LogP contribution in [0, 0.1) is 0 Å². The minimum Gasteiger partial charge on any atom is -0.497 e. The monoisotopic (exact) mass is 684 g/mol. The number of carbonyl (C=O) groups is 2. The van der Waals surface area contributed by atoms with E-state index in [1.807, 2.05) is 54.6 Å². The Morgan fingerprint density at radius 1 is 0.686 bits per heavy atom. The number of nitrogens with one attached hydrogen (secondary N) is 2. The Balaban J connectivity index is 0.000000198. The van der Waals surface area contributed by atoms with Crippen LogP contribution in [0.25, 0.3) is 0 Å². The summed E-state index contributed by atoms with van der Waals surface area (Å²) in [5.74, 6) is 1.67. The van der Waals surface area contributed by atoms with Crippen molar-refractivity contribution in [1.82, 2.24) is 9.88 Å². The Bertz CT molecular complexity index is 1860. The molecule has 0 aliphatic carbocycles. The lowest BCUT2D eigenvalue weighted by atomic mass is 9.86. The van der Waals surface area contributed by atoms with E-state index < -0.39 is 0 Å². The fraction of sp³-hybridized carbons (Fsp3) is 0.279. The molecular formula is C43H48N4O4. The first-order chi connectivity index (χ1) is 24.8. The van der Waals surface area contributed by atoms with Gasteiger partial charge in [0.25, 0.3) is 11.8 Å². The molecule has 8 heteroatoms. The number of nitrogens with zero attached hydrogens (tertiary/aromatic N) is 2. The molecule has 1 aliphatic rings. The second-order valence-electron chi connectivity index (χ2n) is 12.8. The predicted octanol–water partition coefficient (Wildman–Crippen LogP) is 9.03. The topological polar surface area (TPSA) is 92.8 Å². The third-order valence-electron chi connectivity index (χ3n) is 9.61. The number of benzene rings is 4. The zero-order chi connectivity index (χ0) is 36.2. The lowest BCUT2D eigenvalue weighted by molar-refractivity contribution is 0.101. The number of piperidine rings is 1. The first kappa shape index (κ1) is 36.8. The van der Waals surface area contributed by atoms with Crippen LogP contribution in [-0.2, 0) is 0 Å². The standard InChI is InChI=1S/C22H28N2O2.C21H20N2O2/c1-16(21-10-6-7-15-24(21)2)19-8-4-5-9-20(19)23-22(25)17-11-13-18(26-3)14-12-17;1-15(19-8-5-6-14-22-19)18-7-3-4-9-20(18)23-21(24)16-10-12-17(25-2)13-11-16/h4-5,8-9,11-14,16,21H,6-7,10,15H2,1-3H3,(H,23,25);3-15H,1-2H3,(H,23,24). The highest BCUT2D eigenvalue weighted by atomic mass is 16.5. The molecule has 0 bridgehead atoms. The maximum atomic E-state index is 12.7. The van der Waals surface area contributed by atoms with Crippen molar-refractivity contribution in [3.05, 3.63) is 149 Å². The number of anilines is 2. The van der Waals surface area contributed by atoms with E-state index in [4.69, 9.17) is 9.47 Å². The summed E-state index contributed by atoms with van der Waals surface area (Å²) in [5.41, 5.74) is 6.11. The van der Waals surface area contributed by atoms with Gasteiger partial charge in [-0.2, -0.15) is 0 Å². The molecule has 5 aromatic rings. The van der Waals surface area contributed by atoms with Gasteiger partial charge in [-0.25, -0.2) is 0 Å². The molecule has 51 heavy (non-hydrogen) atoms. The van der Waals surface area contributed by atoms with E-state index in [1.165, 1.54) is 24.8 Å². The average molecular weight is 685 g/mol. The predicted molar refractivity (Wildman–Crippen MR) is 205 cm³/mol. The van der Waals surface area contributed by atoms with Crippen molar-refractivity contribution >= 4 is 23.2 Å². The summed E-state index contributed by atoms with van der Waals surface area (Å²) in [6.45, 7) is 5.50. The average Bonchev–Trinajstić information content (AvgIpc) is 3.18. The molecule has 1 aliphatic heterocycles. The molecule has 1 aromatic heterocycles. The van der Waals surface area contributed by atoms with Gasteiger partial charge in [-0.3, -0.25) is 14.6 Å². The van der Waals surface area contributed by atoms with Gasteiger partial charge in [-0.1, -0.05) is 62.7 Å². The Morgan fingerprint density at radius 2 is 1.20 bits per heavy atom. The van der Waals surface area contributed by atoms with Gasteiger partial charge in [-0.15, -0.1) is 0 Å². The molecule has 2 heterocycles. The maximum absolute atomic E-state index is 12.7. The highest BCUT2D eigenvalue weighted by molar-refractivity contribution is 6.05. The van der Waals surface area contributed by atoms with Gasteiger partial charge in [0, 0.05) is 46.4 Å². The van der Waals surface area contributed by atoms with Crippen LogP contribution >= 0.6 is 0 Å². The number of methoxy groups -OCH3 is 2. The zero-order valence-corrected chi connectivity index (χ0v) is 30.1. The van der Waals surface area contributed by atoms with Crippen LogP contribution in [0.15, 0.2) is 121 Å². The van der Waals surface area contributed by atoms with Gasteiger partial charge in [0.05, 0.1) is 14.2 Å². The summed E-state index contributed by atoms with van der Waals surface area (Å²) in [5, 5.41) is 6.11. The quantitative estimate of drug-likeness (QED) is 0.153. The lowest BCUT2D eigenvalue weighted by Gasteiger charge is -2.37. The van der Waals surface area contributed by atoms with Crippen LogP contribution in [0.2, 0.25) is 0 Å². The molecular weight excluding hydrogens is 636 g/mol. The van der Waals surface area contributed by atoms with Crippen molar-refractivity contribution in [2.45, 2.75) is 51.0 Å². The normalized spacial score (nSPS) is 15.4. The Hall–Kier alpha value is -5.47. The van der Waals surface area contributed by atoms with Crippen molar-refractivity contribution in [3.8, 4) is 11.5 Å². The summed E-state index contributed by atoms with van der Waals surface area (Å²) in [7, 11) is 5.43. The molecule has 6 rings (SSSR count). The highest BCUT2D eigenvalue weighted by Gasteiger charge is 2.27. The van der Waals surface area contributed by atoms with E-state index in [1.54, 1.807) is 68.9 Å². The molecule has 8 nitrogen and oxygen atoms in total. The number of hydrogen-bond donors (Lipinski definition) is 2. The van der Waals surface area contributed by atoms with Crippen molar-refractivity contribution in [2.24, 2.45) is 0 Å². The molecule has 0 saturated carbocycles. The summed E-state index contributed by atoms with van der Waals surface area (Å²) in [6.07, 6.45) is 5.54. The molecule has 4 aromatic carbocycles. The number of carbonyl (C=O) groups excluding carboxylic acids is 2. The molecule has 3 atom stereocenters. The lowest BCUT2D eigenvalue weighted by Crippen LogP contribution is -2.39. The molecule has 2 N–H and O–H groups in total. The van der Waals surface area contributed by atoms with Crippen LogP contribution in [0.3, 0.4) is 0 Å². The van der Waals surface area contributed by atoms with Gasteiger partial charge in [0.2, 0.25) is 0 Å². The number of hydrogen-bond acceptors (Lipinski definition) is 6. The smallest absolute Gasteiger partial charge is 0.255 e. The first-order valence-corrected chi connectivity index (χ1v) is 17.5. The van der Waals surface area contributed by atoms with Gasteiger partial charge in [0.15, 0.2) is 0 Å². The highest BCUT2D eigenvalue weighted by Crippen LogP contribution is 2.34. The van der Waals surface area contributed by atoms with Crippen LogP contribution < -0.4 is 20.1 Å². The number of rotatable bonds is 10. The Morgan fingerprint density at radius 3 is 1.71 bits per heavy atom. The second-order valence-corrected chi connectivity index (χ2v) is 12.8. The van der Waals surface area contributed by atoms with Crippen LogP contribution in [0.1, 0.15) is 82.5 Å². The van der Waals surface area contributed by atoms with Crippen molar-refractivity contribution in [2.75, 3.05) is 38.4 Å². The first-order valence-electron chi connectivity index (χ1n) is 17.5. The fourth-order valence-electron chi connectivity index (χ4n) is 6.60. The minimum atomic E-state index is -0.150. The molecule has 0 spiro atoms.